The van der Waals surface area contributed by atoms with Gasteiger partial charge in [0.15, 0.2) is 0 Å². The van der Waals surface area contributed by atoms with Crippen molar-refractivity contribution in [3.05, 3.63) is 22.4 Å². The third-order valence-corrected chi connectivity index (χ3v) is 5.10. The van der Waals surface area contributed by atoms with Gasteiger partial charge in [0.2, 0.25) is 11.8 Å². The molecular formula is C15H17F3N2O2S. The van der Waals surface area contributed by atoms with Crippen LogP contribution in [0.1, 0.15) is 30.9 Å². The molecule has 0 aliphatic carbocycles. The zero-order valence-electron chi connectivity index (χ0n) is 12.4. The molecule has 126 valence electrons. The summed E-state index contributed by atoms with van der Waals surface area (Å²) >= 11 is 1.55. The van der Waals surface area contributed by atoms with Gasteiger partial charge in [-0.25, -0.2) is 0 Å². The lowest BCUT2D eigenvalue weighted by atomic mass is 10.0. The van der Waals surface area contributed by atoms with Crippen molar-refractivity contribution in [2.75, 3.05) is 19.6 Å². The third-order valence-electron chi connectivity index (χ3n) is 4.40. The van der Waals surface area contributed by atoms with Gasteiger partial charge in [0.1, 0.15) is 6.54 Å². The Morgan fingerprint density at radius 2 is 2.17 bits per heavy atom. The number of halogens is 3. The Labute approximate surface area is 135 Å². The first kappa shape index (κ1) is 16.3. The molecule has 2 aliphatic heterocycles. The van der Waals surface area contributed by atoms with Gasteiger partial charge in [-0.2, -0.15) is 24.5 Å². The van der Waals surface area contributed by atoms with Gasteiger partial charge in [-0.15, -0.1) is 0 Å². The zero-order valence-corrected chi connectivity index (χ0v) is 13.2. The lowest BCUT2D eigenvalue weighted by Gasteiger charge is -2.27. The molecule has 0 radical (unpaired) electrons. The Balaban J connectivity index is 1.68. The summed E-state index contributed by atoms with van der Waals surface area (Å²) in [7, 11) is 0. The van der Waals surface area contributed by atoms with Crippen LogP contribution in [0.25, 0.3) is 0 Å². The highest BCUT2D eigenvalue weighted by atomic mass is 32.1. The van der Waals surface area contributed by atoms with Crippen LogP contribution in [0.15, 0.2) is 16.8 Å². The number of hydrogen-bond acceptors (Lipinski definition) is 3. The minimum absolute atomic E-state index is 0.0134. The summed E-state index contributed by atoms with van der Waals surface area (Å²) in [4.78, 5) is 26.9. The molecule has 0 saturated carbocycles. The van der Waals surface area contributed by atoms with Crippen molar-refractivity contribution in [2.45, 2.75) is 31.5 Å². The lowest BCUT2D eigenvalue weighted by molar-refractivity contribution is -0.157. The van der Waals surface area contributed by atoms with Crippen molar-refractivity contribution in [2.24, 2.45) is 5.92 Å². The van der Waals surface area contributed by atoms with Crippen LogP contribution in [-0.2, 0) is 9.59 Å². The summed E-state index contributed by atoms with van der Waals surface area (Å²) in [5.41, 5.74) is 1.07. The molecule has 23 heavy (non-hydrogen) atoms. The summed E-state index contributed by atoms with van der Waals surface area (Å²) in [6, 6.07) is 1.96. The second-order valence-electron chi connectivity index (χ2n) is 6.04. The number of amides is 2. The van der Waals surface area contributed by atoms with Crippen molar-refractivity contribution in [3.63, 3.8) is 0 Å². The van der Waals surface area contributed by atoms with E-state index in [1.165, 1.54) is 0 Å². The van der Waals surface area contributed by atoms with Crippen LogP contribution < -0.4 is 0 Å². The van der Waals surface area contributed by atoms with E-state index in [0.29, 0.717) is 6.54 Å². The predicted molar refractivity (Wildman–Crippen MR) is 78.7 cm³/mol. The quantitative estimate of drug-likeness (QED) is 0.844. The van der Waals surface area contributed by atoms with Crippen molar-refractivity contribution in [1.29, 1.82) is 0 Å². The predicted octanol–water partition coefficient (Wildman–Crippen LogP) is 2.82. The van der Waals surface area contributed by atoms with Gasteiger partial charge in [0.05, 0.1) is 12.0 Å². The van der Waals surface area contributed by atoms with E-state index >= 15 is 0 Å². The van der Waals surface area contributed by atoms with Gasteiger partial charge in [0, 0.05) is 19.5 Å². The van der Waals surface area contributed by atoms with Crippen LogP contribution in [0.4, 0.5) is 13.2 Å². The number of likely N-dealkylation sites (tertiary alicyclic amines) is 2. The summed E-state index contributed by atoms with van der Waals surface area (Å²) in [5, 5.41) is 3.94. The van der Waals surface area contributed by atoms with E-state index in [1.54, 1.807) is 16.2 Å². The maximum absolute atomic E-state index is 12.7. The molecule has 0 N–H and O–H groups in total. The van der Waals surface area contributed by atoms with E-state index in [2.05, 4.69) is 0 Å². The summed E-state index contributed by atoms with van der Waals surface area (Å²) in [6.07, 6.45) is -2.82. The standard InChI is InChI=1S/C15H17F3N2O2S/c16-15(17,18)9-19-7-11(6-13(19)21)14(22)20-4-1-2-12(20)10-3-5-23-8-10/h3,5,8,11-12H,1-2,4,6-7,9H2. The second kappa shape index (κ2) is 6.14. The molecule has 8 heteroatoms. The number of thiophene rings is 1. The van der Waals surface area contributed by atoms with Crippen LogP contribution in [-0.4, -0.2) is 47.4 Å². The van der Waals surface area contributed by atoms with E-state index in [-0.39, 0.29) is 24.9 Å². The van der Waals surface area contributed by atoms with Gasteiger partial charge in [-0.1, -0.05) is 0 Å². The number of carbonyl (C=O) groups is 2. The molecule has 2 amide bonds. The Morgan fingerprint density at radius 3 is 2.83 bits per heavy atom. The normalized spacial score (nSPS) is 25.4. The van der Waals surface area contributed by atoms with E-state index in [4.69, 9.17) is 0 Å². The van der Waals surface area contributed by atoms with Gasteiger partial charge in [-0.3, -0.25) is 9.59 Å². The van der Waals surface area contributed by atoms with E-state index < -0.39 is 24.5 Å². The smallest absolute Gasteiger partial charge is 0.335 e. The number of rotatable bonds is 3. The fraction of sp³-hybridized carbons (Fsp3) is 0.600. The molecule has 1 aromatic heterocycles. The first-order valence-corrected chi connectivity index (χ1v) is 8.46. The van der Waals surface area contributed by atoms with Crippen LogP contribution >= 0.6 is 11.3 Å². The number of alkyl halides is 3. The first-order valence-electron chi connectivity index (χ1n) is 7.52. The molecule has 2 fully saturated rings. The molecule has 4 nitrogen and oxygen atoms in total. The van der Waals surface area contributed by atoms with Crippen molar-refractivity contribution < 1.29 is 22.8 Å². The maximum Gasteiger partial charge on any atom is 0.406 e. The highest BCUT2D eigenvalue weighted by molar-refractivity contribution is 7.07. The van der Waals surface area contributed by atoms with Gasteiger partial charge >= 0.3 is 6.18 Å². The first-order chi connectivity index (χ1) is 10.8. The van der Waals surface area contributed by atoms with Gasteiger partial charge in [0.25, 0.3) is 0 Å². The average molecular weight is 346 g/mol. The Morgan fingerprint density at radius 1 is 1.39 bits per heavy atom. The Kier molecular flexibility index (Phi) is 4.35. The van der Waals surface area contributed by atoms with Gasteiger partial charge < -0.3 is 9.80 Å². The maximum atomic E-state index is 12.7. The highest BCUT2D eigenvalue weighted by Gasteiger charge is 2.43. The van der Waals surface area contributed by atoms with E-state index in [1.807, 2.05) is 16.8 Å². The minimum atomic E-state index is -4.43. The van der Waals surface area contributed by atoms with Crippen LogP contribution in [0.2, 0.25) is 0 Å². The molecule has 0 bridgehead atoms. The molecule has 2 unspecified atom stereocenters. The fourth-order valence-corrected chi connectivity index (χ4v) is 4.09. The third kappa shape index (κ3) is 3.52. The molecule has 0 spiro atoms. The average Bonchev–Trinajstić information content (AvgIpc) is 3.16. The molecule has 0 aromatic carbocycles. The van der Waals surface area contributed by atoms with Crippen LogP contribution in [0, 0.1) is 5.92 Å². The molecule has 1 aromatic rings. The number of carbonyl (C=O) groups excluding carboxylic acids is 2. The molecular weight excluding hydrogens is 329 g/mol. The minimum Gasteiger partial charge on any atom is -0.335 e. The summed E-state index contributed by atoms with van der Waals surface area (Å²) in [5.74, 6) is -1.45. The van der Waals surface area contributed by atoms with Crippen molar-refractivity contribution >= 4 is 23.2 Å². The SMILES string of the molecule is O=C1CC(C(=O)N2CCCC2c2ccsc2)CN1CC(F)(F)F. The Hall–Kier alpha value is -1.57. The van der Waals surface area contributed by atoms with Crippen LogP contribution in [0.5, 0.6) is 0 Å². The number of hydrogen-bond donors (Lipinski definition) is 0. The van der Waals surface area contributed by atoms with Gasteiger partial charge in [-0.05, 0) is 35.2 Å². The van der Waals surface area contributed by atoms with E-state index in [9.17, 15) is 22.8 Å². The van der Waals surface area contributed by atoms with E-state index in [0.717, 1.165) is 23.3 Å². The molecule has 3 rings (SSSR count). The largest absolute Gasteiger partial charge is 0.406 e. The second-order valence-corrected chi connectivity index (χ2v) is 6.82. The molecule has 2 saturated heterocycles. The Bertz CT molecular complexity index is 588. The molecule has 2 aliphatic rings. The van der Waals surface area contributed by atoms with Crippen LogP contribution in [0.3, 0.4) is 0 Å². The lowest BCUT2D eigenvalue weighted by Crippen LogP contribution is -2.38. The molecule has 2 atom stereocenters. The van der Waals surface area contributed by atoms with Crippen molar-refractivity contribution in [3.8, 4) is 0 Å². The fourth-order valence-electron chi connectivity index (χ4n) is 3.38. The topological polar surface area (TPSA) is 40.6 Å². The monoisotopic (exact) mass is 346 g/mol. The molecule has 3 heterocycles. The summed E-state index contributed by atoms with van der Waals surface area (Å²) < 4.78 is 37.4. The summed E-state index contributed by atoms with van der Waals surface area (Å²) in [6.45, 7) is -0.809. The number of nitrogens with zero attached hydrogens (tertiary/aromatic N) is 2. The zero-order chi connectivity index (χ0) is 16.6. The highest BCUT2D eigenvalue weighted by Crippen LogP contribution is 2.35. The van der Waals surface area contributed by atoms with Crippen molar-refractivity contribution in [1.82, 2.24) is 9.80 Å².